The van der Waals surface area contributed by atoms with Crippen molar-refractivity contribution in [2.75, 3.05) is 25.0 Å². The normalized spacial score (nSPS) is 16.4. The third kappa shape index (κ3) is 5.23. The molecule has 1 unspecified atom stereocenters. The molecule has 1 aliphatic heterocycles. The average molecular weight is 387 g/mol. The van der Waals surface area contributed by atoms with Crippen LogP contribution in [-0.4, -0.2) is 36.4 Å². The van der Waals surface area contributed by atoms with Gasteiger partial charge in [-0.25, -0.2) is 0 Å². The van der Waals surface area contributed by atoms with E-state index in [0.717, 1.165) is 17.7 Å². The van der Waals surface area contributed by atoms with Crippen molar-refractivity contribution in [2.24, 2.45) is 5.92 Å². The summed E-state index contributed by atoms with van der Waals surface area (Å²) in [6.45, 7) is 3.56. The van der Waals surface area contributed by atoms with Crippen LogP contribution in [0.1, 0.15) is 18.9 Å². The summed E-state index contributed by atoms with van der Waals surface area (Å²) in [5.41, 5.74) is 1.78. The second-order valence-electron chi connectivity index (χ2n) is 6.57. The smallest absolute Gasteiger partial charge is 0.229 e. The Kier molecular flexibility index (Phi) is 6.35. The van der Waals surface area contributed by atoms with Gasteiger partial charge in [0.05, 0.1) is 12.5 Å². The lowest BCUT2D eigenvalue weighted by Gasteiger charge is -2.16. The minimum atomic E-state index is -0.330. The molecule has 1 aliphatic rings. The average Bonchev–Trinajstić information content (AvgIpc) is 3.03. The number of rotatable bonds is 7. The van der Waals surface area contributed by atoms with Gasteiger partial charge in [-0.1, -0.05) is 23.7 Å². The quantitative estimate of drug-likeness (QED) is 0.788. The van der Waals surface area contributed by atoms with Crippen LogP contribution in [-0.2, 0) is 16.0 Å². The zero-order chi connectivity index (χ0) is 19.2. The lowest BCUT2D eigenvalue weighted by atomic mass is 10.1. The van der Waals surface area contributed by atoms with Gasteiger partial charge in [-0.3, -0.25) is 9.59 Å². The Labute approximate surface area is 164 Å². The van der Waals surface area contributed by atoms with Crippen molar-refractivity contribution in [2.45, 2.75) is 19.8 Å². The molecule has 1 saturated heterocycles. The summed E-state index contributed by atoms with van der Waals surface area (Å²) in [5.74, 6) is 0.323. The molecule has 0 aromatic heterocycles. The molecule has 6 heteroatoms. The van der Waals surface area contributed by atoms with Gasteiger partial charge in [-0.05, 0) is 55.3 Å². The Bertz CT molecular complexity index is 807. The van der Waals surface area contributed by atoms with E-state index >= 15 is 0 Å². The summed E-state index contributed by atoms with van der Waals surface area (Å²) >= 11 is 6.00. The third-order valence-electron chi connectivity index (χ3n) is 4.58. The van der Waals surface area contributed by atoms with Crippen molar-refractivity contribution >= 4 is 29.1 Å². The number of halogens is 1. The van der Waals surface area contributed by atoms with Gasteiger partial charge < -0.3 is 15.0 Å². The molecule has 0 radical (unpaired) electrons. The van der Waals surface area contributed by atoms with Crippen LogP contribution >= 0.6 is 11.6 Å². The second-order valence-corrected chi connectivity index (χ2v) is 7.00. The lowest BCUT2D eigenvalue weighted by molar-refractivity contribution is -0.128. The Morgan fingerprint density at radius 2 is 2.04 bits per heavy atom. The Hall–Kier alpha value is -2.53. The first kappa shape index (κ1) is 19.2. The molecule has 1 atom stereocenters. The lowest BCUT2D eigenvalue weighted by Crippen LogP contribution is -2.30. The van der Waals surface area contributed by atoms with E-state index in [1.54, 1.807) is 17.0 Å². The van der Waals surface area contributed by atoms with Gasteiger partial charge in [-0.15, -0.1) is 0 Å². The first-order chi connectivity index (χ1) is 13.0. The standard InChI is InChI=1S/C21H23ClN2O3/c1-2-27-19-8-6-18(7-9-19)23-21(26)16-13-20(25)24(14-16)11-10-15-4-3-5-17(22)12-15/h3-9,12,16H,2,10-11,13-14H2,1H3,(H,23,26). The van der Waals surface area contributed by atoms with Crippen LogP contribution in [0, 0.1) is 5.92 Å². The molecule has 0 spiro atoms. The molecule has 2 amide bonds. The van der Waals surface area contributed by atoms with Gasteiger partial charge in [0.1, 0.15) is 5.75 Å². The molecular formula is C21H23ClN2O3. The largest absolute Gasteiger partial charge is 0.494 e. The molecule has 27 heavy (non-hydrogen) atoms. The molecule has 3 rings (SSSR count). The number of hydrogen-bond acceptors (Lipinski definition) is 3. The number of anilines is 1. The highest BCUT2D eigenvalue weighted by Gasteiger charge is 2.34. The Morgan fingerprint density at radius 3 is 2.74 bits per heavy atom. The number of carbonyl (C=O) groups excluding carboxylic acids is 2. The SMILES string of the molecule is CCOc1ccc(NC(=O)C2CC(=O)N(CCc3cccc(Cl)c3)C2)cc1. The molecule has 0 saturated carbocycles. The zero-order valence-corrected chi connectivity index (χ0v) is 16.0. The van der Waals surface area contributed by atoms with Crippen LogP contribution in [0.3, 0.4) is 0 Å². The number of benzene rings is 2. The molecule has 1 heterocycles. The second kappa shape index (κ2) is 8.91. The molecule has 2 aromatic rings. The van der Waals surface area contributed by atoms with Crippen LogP contribution in [0.15, 0.2) is 48.5 Å². The summed E-state index contributed by atoms with van der Waals surface area (Å²) in [6.07, 6.45) is 0.970. The van der Waals surface area contributed by atoms with Crippen molar-refractivity contribution in [3.63, 3.8) is 0 Å². The van der Waals surface area contributed by atoms with Crippen molar-refractivity contribution in [3.05, 3.63) is 59.1 Å². The van der Waals surface area contributed by atoms with Crippen molar-refractivity contribution in [1.82, 2.24) is 4.90 Å². The summed E-state index contributed by atoms with van der Waals surface area (Å²) in [6, 6.07) is 14.9. The van der Waals surface area contributed by atoms with Crippen molar-refractivity contribution in [3.8, 4) is 5.75 Å². The predicted molar refractivity (Wildman–Crippen MR) is 106 cm³/mol. The number of carbonyl (C=O) groups is 2. The first-order valence-electron chi connectivity index (χ1n) is 9.11. The highest BCUT2D eigenvalue weighted by atomic mass is 35.5. The van der Waals surface area contributed by atoms with Crippen LogP contribution in [0.5, 0.6) is 5.75 Å². The van der Waals surface area contributed by atoms with Crippen LogP contribution in [0.4, 0.5) is 5.69 Å². The van der Waals surface area contributed by atoms with Crippen LogP contribution in [0.2, 0.25) is 5.02 Å². The highest BCUT2D eigenvalue weighted by Crippen LogP contribution is 2.22. The number of likely N-dealkylation sites (tertiary alicyclic amines) is 1. The molecule has 2 aromatic carbocycles. The fraction of sp³-hybridized carbons (Fsp3) is 0.333. The van der Waals surface area contributed by atoms with E-state index in [0.29, 0.717) is 30.4 Å². The highest BCUT2D eigenvalue weighted by molar-refractivity contribution is 6.30. The van der Waals surface area contributed by atoms with Gasteiger partial charge in [0, 0.05) is 30.2 Å². The first-order valence-corrected chi connectivity index (χ1v) is 9.49. The number of hydrogen-bond donors (Lipinski definition) is 1. The molecule has 0 bridgehead atoms. The summed E-state index contributed by atoms with van der Waals surface area (Å²) in [4.78, 5) is 26.5. The molecular weight excluding hydrogens is 364 g/mol. The van der Waals surface area contributed by atoms with E-state index < -0.39 is 0 Å². The molecule has 1 fully saturated rings. The molecule has 142 valence electrons. The summed E-state index contributed by atoms with van der Waals surface area (Å²) in [5, 5.41) is 3.57. The van der Waals surface area contributed by atoms with E-state index in [1.807, 2.05) is 43.3 Å². The zero-order valence-electron chi connectivity index (χ0n) is 15.3. The third-order valence-corrected chi connectivity index (χ3v) is 4.81. The maximum Gasteiger partial charge on any atom is 0.229 e. The van der Waals surface area contributed by atoms with E-state index in [9.17, 15) is 9.59 Å². The predicted octanol–water partition coefficient (Wildman–Crippen LogP) is 3.77. The molecule has 0 aliphatic carbocycles. The van der Waals surface area contributed by atoms with Crippen molar-refractivity contribution in [1.29, 1.82) is 0 Å². The number of amides is 2. The minimum Gasteiger partial charge on any atom is -0.494 e. The number of nitrogens with one attached hydrogen (secondary N) is 1. The monoisotopic (exact) mass is 386 g/mol. The minimum absolute atomic E-state index is 0.0175. The fourth-order valence-electron chi connectivity index (χ4n) is 3.17. The fourth-order valence-corrected chi connectivity index (χ4v) is 3.38. The van der Waals surface area contributed by atoms with Gasteiger partial charge in [0.15, 0.2) is 0 Å². The van der Waals surface area contributed by atoms with E-state index in [1.165, 1.54) is 0 Å². The Balaban J connectivity index is 1.52. The molecule has 5 nitrogen and oxygen atoms in total. The van der Waals surface area contributed by atoms with Crippen LogP contribution in [0.25, 0.3) is 0 Å². The maximum absolute atomic E-state index is 12.5. The van der Waals surface area contributed by atoms with Gasteiger partial charge in [-0.2, -0.15) is 0 Å². The van der Waals surface area contributed by atoms with E-state index in [4.69, 9.17) is 16.3 Å². The number of ether oxygens (including phenoxy) is 1. The van der Waals surface area contributed by atoms with E-state index in [2.05, 4.69) is 5.32 Å². The Morgan fingerprint density at radius 1 is 1.26 bits per heavy atom. The van der Waals surface area contributed by atoms with Gasteiger partial charge >= 0.3 is 0 Å². The van der Waals surface area contributed by atoms with E-state index in [-0.39, 0.29) is 24.2 Å². The summed E-state index contributed by atoms with van der Waals surface area (Å²) in [7, 11) is 0. The van der Waals surface area contributed by atoms with Crippen molar-refractivity contribution < 1.29 is 14.3 Å². The van der Waals surface area contributed by atoms with Gasteiger partial charge in [0.2, 0.25) is 11.8 Å². The topological polar surface area (TPSA) is 58.6 Å². The maximum atomic E-state index is 12.5. The summed E-state index contributed by atoms with van der Waals surface area (Å²) < 4.78 is 5.39. The number of nitrogens with zero attached hydrogens (tertiary/aromatic N) is 1. The van der Waals surface area contributed by atoms with Gasteiger partial charge in [0.25, 0.3) is 0 Å². The van der Waals surface area contributed by atoms with Crippen LogP contribution < -0.4 is 10.1 Å². The molecule has 1 N–H and O–H groups in total.